The van der Waals surface area contributed by atoms with Crippen molar-refractivity contribution in [1.29, 1.82) is 0 Å². The SMILES string of the molecule is O=C(Cc1cccc(Cl)c1)N(CCCl)C1CC1. The van der Waals surface area contributed by atoms with Gasteiger partial charge in [0.1, 0.15) is 0 Å². The number of hydrogen-bond acceptors (Lipinski definition) is 1. The van der Waals surface area contributed by atoms with E-state index in [0.29, 0.717) is 29.9 Å². The smallest absolute Gasteiger partial charge is 0.227 e. The van der Waals surface area contributed by atoms with Crippen LogP contribution in [0.25, 0.3) is 0 Å². The highest BCUT2D eigenvalue weighted by atomic mass is 35.5. The fourth-order valence-electron chi connectivity index (χ4n) is 1.91. The second kappa shape index (κ2) is 5.74. The van der Waals surface area contributed by atoms with Crippen molar-refractivity contribution >= 4 is 29.1 Å². The van der Waals surface area contributed by atoms with Gasteiger partial charge in [0.25, 0.3) is 0 Å². The van der Waals surface area contributed by atoms with E-state index in [0.717, 1.165) is 18.4 Å². The second-order valence-electron chi connectivity index (χ2n) is 4.31. The Morgan fingerprint density at radius 2 is 2.18 bits per heavy atom. The Bertz CT molecular complexity index is 404. The van der Waals surface area contributed by atoms with E-state index in [1.54, 1.807) is 0 Å². The van der Waals surface area contributed by atoms with Crippen LogP contribution < -0.4 is 0 Å². The molecule has 0 heterocycles. The van der Waals surface area contributed by atoms with Gasteiger partial charge in [-0.25, -0.2) is 0 Å². The molecule has 1 aromatic rings. The minimum absolute atomic E-state index is 0.149. The lowest BCUT2D eigenvalue weighted by Crippen LogP contribution is -2.35. The highest BCUT2D eigenvalue weighted by Crippen LogP contribution is 2.27. The number of rotatable bonds is 5. The van der Waals surface area contributed by atoms with Gasteiger partial charge in [-0.15, -0.1) is 11.6 Å². The standard InChI is InChI=1S/C13H15Cl2NO/c14-6-7-16(12-4-5-12)13(17)9-10-2-1-3-11(15)8-10/h1-3,8,12H,4-7,9H2. The van der Waals surface area contributed by atoms with Gasteiger partial charge in [0.15, 0.2) is 0 Å². The maximum Gasteiger partial charge on any atom is 0.227 e. The largest absolute Gasteiger partial charge is 0.338 e. The lowest BCUT2D eigenvalue weighted by molar-refractivity contribution is -0.130. The van der Waals surface area contributed by atoms with Gasteiger partial charge < -0.3 is 4.90 Å². The molecule has 0 aromatic heterocycles. The first-order valence-electron chi connectivity index (χ1n) is 5.80. The summed E-state index contributed by atoms with van der Waals surface area (Å²) in [5, 5.41) is 0.672. The predicted octanol–water partition coefficient (Wildman–Crippen LogP) is 3.11. The average Bonchev–Trinajstić information content (AvgIpc) is 3.09. The number of nitrogens with zero attached hydrogens (tertiary/aromatic N) is 1. The van der Waals surface area contributed by atoms with E-state index in [9.17, 15) is 4.79 Å². The topological polar surface area (TPSA) is 20.3 Å². The van der Waals surface area contributed by atoms with Gasteiger partial charge in [-0.1, -0.05) is 23.7 Å². The van der Waals surface area contributed by atoms with Gasteiger partial charge in [0.2, 0.25) is 5.91 Å². The minimum Gasteiger partial charge on any atom is -0.338 e. The predicted molar refractivity (Wildman–Crippen MR) is 70.6 cm³/mol. The first kappa shape index (κ1) is 12.7. The molecule has 0 aliphatic heterocycles. The summed E-state index contributed by atoms with van der Waals surface area (Å²) in [4.78, 5) is 14.0. The highest BCUT2D eigenvalue weighted by molar-refractivity contribution is 6.30. The fraction of sp³-hybridized carbons (Fsp3) is 0.462. The van der Waals surface area contributed by atoms with Crippen LogP contribution >= 0.6 is 23.2 Å². The zero-order chi connectivity index (χ0) is 12.3. The molecule has 0 radical (unpaired) electrons. The van der Waals surface area contributed by atoms with Gasteiger partial charge in [0, 0.05) is 23.5 Å². The molecule has 0 bridgehead atoms. The number of hydrogen-bond donors (Lipinski definition) is 0. The summed E-state index contributed by atoms with van der Waals surface area (Å²) in [6, 6.07) is 7.86. The van der Waals surface area contributed by atoms with Crippen molar-refractivity contribution in [2.75, 3.05) is 12.4 Å². The summed E-state index contributed by atoms with van der Waals surface area (Å²) in [5.74, 6) is 0.646. The van der Waals surface area contributed by atoms with Crippen molar-refractivity contribution in [2.45, 2.75) is 25.3 Å². The van der Waals surface area contributed by atoms with E-state index in [1.807, 2.05) is 29.2 Å². The Balaban J connectivity index is 1.99. The van der Waals surface area contributed by atoms with E-state index in [-0.39, 0.29) is 5.91 Å². The lowest BCUT2D eigenvalue weighted by Gasteiger charge is -2.21. The van der Waals surface area contributed by atoms with Crippen molar-refractivity contribution in [3.63, 3.8) is 0 Å². The van der Waals surface area contributed by atoms with Crippen LogP contribution in [0.3, 0.4) is 0 Å². The van der Waals surface area contributed by atoms with E-state index < -0.39 is 0 Å². The molecule has 1 aliphatic rings. The molecule has 0 spiro atoms. The van der Waals surface area contributed by atoms with Gasteiger partial charge >= 0.3 is 0 Å². The Morgan fingerprint density at radius 1 is 1.41 bits per heavy atom. The van der Waals surface area contributed by atoms with Crippen LogP contribution in [0.4, 0.5) is 0 Å². The van der Waals surface area contributed by atoms with Crippen LogP contribution in [-0.4, -0.2) is 29.3 Å². The highest BCUT2D eigenvalue weighted by Gasteiger charge is 2.31. The quantitative estimate of drug-likeness (QED) is 0.754. The maximum absolute atomic E-state index is 12.1. The molecule has 4 heteroatoms. The van der Waals surface area contributed by atoms with E-state index >= 15 is 0 Å². The molecule has 2 nitrogen and oxygen atoms in total. The molecule has 0 atom stereocenters. The Hall–Kier alpha value is -0.730. The van der Waals surface area contributed by atoms with Crippen LogP contribution in [0.5, 0.6) is 0 Å². The number of amides is 1. The molecule has 17 heavy (non-hydrogen) atoms. The molecule has 1 aliphatic carbocycles. The molecule has 92 valence electrons. The monoisotopic (exact) mass is 271 g/mol. The van der Waals surface area contributed by atoms with Crippen LogP contribution in [0, 0.1) is 0 Å². The van der Waals surface area contributed by atoms with Gasteiger partial charge in [0.05, 0.1) is 6.42 Å². The summed E-state index contributed by atoms with van der Waals surface area (Å²) >= 11 is 11.6. The zero-order valence-electron chi connectivity index (χ0n) is 9.53. The van der Waals surface area contributed by atoms with Crippen LogP contribution in [0.1, 0.15) is 18.4 Å². The van der Waals surface area contributed by atoms with Crippen LogP contribution in [0.2, 0.25) is 5.02 Å². The van der Waals surface area contributed by atoms with Crippen molar-refractivity contribution in [2.24, 2.45) is 0 Å². The third kappa shape index (κ3) is 3.62. The minimum atomic E-state index is 0.149. The first-order chi connectivity index (χ1) is 8.20. The van der Waals surface area contributed by atoms with Crippen LogP contribution in [0.15, 0.2) is 24.3 Å². The molecule has 0 saturated heterocycles. The Kier molecular flexibility index (Phi) is 4.30. The van der Waals surface area contributed by atoms with Crippen molar-refractivity contribution < 1.29 is 4.79 Å². The summed E-state index contributed by atoms with van der Waals surface area (Å²) in [5.41, 5.74) is 0.961. The fourth-order valence-corrected chi connectivity index (χ4v) is 2.31. The first-order valence-corrected chi connectivity index (χ1v) is 6.72. The molecular weight excluding hydrogens is 257 g/mol. The molecule has 1 saturated carbocycles. The molecule has 2 rings (SSSR count). The number of carbonyl (C=O) groups is 1. The van der Waals surface area contributed by atoms with E-state index in [2.05, 4.69) is 0 Å². The van der Waals surface area contributed by atoms with E-state index in [4.69, 9.17) is 23.2 Å². The third-order valence-electron chi connectivity index (χ3n) is 2.88. The van der Waals surface area contributed by atoms with Gasteiger partial charge in [-0.3, -0.25) is 4.79 Å². The van der Waals surface area contributed by atoms with E-state index in [1.165, 1.54) is 0 Å². The van der Waals surface area contributed by atoms with Crippen molar-refractivity contribution in [1.82, 2.24) is 4.90 Å². The Morgan fingerprint density at radius 3 is 2.76 bits per heavy atom. The average molecular weight is 272 g/mol. The van der Waals surface area contributed by atoms with Crippen molar-refractivity contribution in [3.8, 4) is 0 Å². The molecule has 1 amide bonds. The molecule has 1 fully saturated rings. The zero-order valence-corrected chi connectivity index (χ0v) is 11.0. The maximum atomic E-state index is 12.1. The lowest BCUT2D eigenvalue weighted by atomic mass is 10.1. The van der Waals surface area contributed by atoms with Gasteiger partial charge in [-0.2, -0.15) is 0 Å². The number of alkyl halides is 1. The second-order valence-corrected chi connectivity index (χ2v) is 5.13. The summed E-state index contributed by atoms with van der Waals surface area (Å²) in [7, 11) is 0. The Labute approximate surface area is 112 Å². The number of carbonyl (C=O) groups excluding carboxylic acids is 1. The summed E-state index contributed by atoms with van der Waals surface area (Å²) in [6.45, 7) is 0.644. The summed E-state index contributed by atoms with van der Waals surface area (Å²) < 4.78 is 0. The third-order valence-corrected chi connectivity index (χ3v) is 3.28. The summed E-state index contributed by atoms with van der Waals surface area (Å²) in [6.07, 6.45) is 2.63. The number of halogens is 2. The van der Waals surface area contributed by atoms with Crippen molar-refractivity contribution in [3.05, 3.63) is 34.9 Å². The number of benzene rings is 1. The molecular formula is C13H15Cl2NO. The molecule has 1 aromatic carbocycles. The molecule has 0 unspecified atom stereocenters. The molecule has 0 N–H and O–H groups in total. The van der Waals surface area contributed by atoms with Crippen LogP contribution in [-0.2, 0) is 11.2 Å². The van der Waals surface area contributed by atoms with Gasteiger partial charge in [-0.05, 0) is 30.5 Å². The normalized spacial score (nSPS) is 14.7.